The number of hydrogen-bond acceptors (Lipinski definition) is 6. The van der Waals surface area contributed by atoms with Crippen molar-refractivity contribution in [3.8, 4) is 11.5 Å². The molecule has 0 bridgehead atoms. The molecule has 1 atom stereocenters. The van der Waals surface area contributed by atoms with Crippen LogP contribution < -0.4 is 14.8 Å². The van der Waals surface area contributed by atoms with Crippen LogP contribution in [0.1, 0.15) is 12.8 Å². The molecule has 1 amide bonds. The quantitative estimate of drug-likeness (QED) is 0.716. The highest BCUT2D eigenvalue weighted by molar-refractivity contribution is 5.80. The summed E-state index contributed by atoms with van der Waals surface area (Å²) in [4.78, 5) is 23.1. The molecule has 1 aliphatic heterocycles. The number of amides is 1. The Labute approximate surface area is 134 Å². The topological polar surface area (TPSA) is 83.1 Å². The molecule has 1 aromatic rings. The monoisotopic (exact) mass is 323 g/mol. The van der Waals surface area contributed by atoms with Gasteiger partial charge in [0, 0.05) is 13.2 Å². The summed E-state index contributed by atoms with van der Waals surface area (Å²) in [7, 11) is 1.57. The third-order valence-electron chi connectivity index (χ3n) is 3.33. The maximum atomic E-state index is 11.6. The minimum atomic E-state index is -0.604. The molecular formula is C16H21NO6. The smallest absolute Gasteiger partial charge is 0.344 e. The predicted molar refractivity (Wildman–Crippen MR) is 81.4 cm³/mol. The lowest BCUT2D eigenvalue weighted by atomic mass is 10.2. The fourth-order valence-electron chi connectivity index (χ4n) is 2.09. The van der Waals surface area contributed by atoms with Gasteiger partial charge in [0.15, 0.2) is 13.2 Å². The molecule has 0 aliphatic carbocycles. The molecule has 0 radical (unpaired) electrons. The molecule has 1 fully saturated rings. The molecule has 1 heterocycles. The molecule has 23 heavy (non-hydrogen) atoms. The van der Waals surface area contributed by atoms with E-state index in [0.29, 0.717) is 18.0 Å². The second-order valence-corrected chi connectivity index (χ2v) is 5.06. The van der Waals surface area contributed by atoms with E-state index in [2.05, 4.69) is 5.32 Å². The highest BCUT2D eigenvalue weighted by atomic mass is 16.6. The van der Waals surface area contributed by atoms with Gasteiger partial charge in [0.1, 0.15) is 11.5 Å². The maximum Gasteiger partial charge on any atom is 0.344 e. The number of carbonyl (C=O) groups is 2. The van der Waals surface area contributed by atoms with E-state index in [9.17, 15) is 9.59 Å². The van der Waals surface area contributed by atoms with Crippen LogP contribution in [0.3, 0.4) is 0 Å². The van der Waals surface area contributed by atoms with E-state index in [1.54, 1.807) is 31.4 Å². The van der Waals surface area contributed by atoms with Crippen LogP contribution in [0, 0.1) is 0 Å². The van der Waals surface area contributed by atoms with E-state index >= 15 is 0 Å². The summed E-state index contributed by atoms with van der Waals surface area (Å²) >= 11 is 0. The van der Waals surface area contributed by atoms with Crippen LogP contribution in [0.25, 0.3) is 0 Å². The zero-order valence-electron chi connectivity index (χ0n) is 13.1. The van der Waals surface area contributed by atoms with Crippen molar-refractivity contribution >= 4 is 11.9 Å². The van der Waals surface area contributed by atoms with Crippen molar-refractivity contribution in [2.24, 2.45) is 0 Å². The number of rotatable bonds is 8. The first-order valence-corrected chi connectivity index (χ1v) is 7.48. The van der Waals surface area contributed by atoms with Crippen LogP contribution in [0.2, 0.25) is 0 Å². The summed E-state index contributed by atoms with van der Waals surface area (Å²) in [5, 5.41) is 2.67. The third kappa shape index (κ3) is 6.15. The summed E-state index contributed by atoms with van der Waals surface area (Å²) < 4.78 is 20.5. The third-order valence-corrected chi connectivity index (χ3v) is 3.33. The van der Waals surface area contributed by atoms with Gasteiger partial charge in [0.2, 0.25) is 0 Å². The number of hydrogen-bond donors (Lipinski definition) is 1. The van der Waals surface area contributed by atoms with E-state index in [-0.39, 0.29) is 25.2 Å². The van der Waals surface area contributed by atoms with E-state index in [4.69, 9.17) is 18.9 Å². The minimum Gasteiger partial charge on any atom is -0.497 e. The Morgan fingerprint density at radius 2 is 1.96 bits per heavy atom. The summed E-state index contributed by atoms with van der Waals surface area (Å²) in [5.74, 6) is 0.264. The number of methoxy groups -OCH3 is 1. The lowest BCUT2D eigenvalue weighted by Crippen LogP contribution is -2.35. The van der Waals surface area contributed by atoms with Gasteiger partial charge in [-0.25, -0.2) is 4.79 Å². The van der Waals surface area contributed by atoms with Crippen molar-refractivity contribution in [1.29, 1.82) is 0 Å². The number of nitrogens with one attached hydrogen (secondary N) is 1. The van der Waals surface area contributed by atoms with Crippen molar-refractivity contribution in [2.45, 2.75) is 18.9 Å². The van der Waals surface area contributed by atoms with Gasteiger partial charge < -0.3 is 24.3 Å². The van der Waals surface area contributed by atoms with Gasteiger partial charge in [0.25, 0.3) is 5.91 Å². The molecule has 0 unspecified atom stereocenters. The van der Waals surface area contributed by atoms with Gasteiger partial charge in [-0.1, -0.05) is 0 Å². The largest absolute Gasteiger partial charge is 0.497 e. The van der Waals surface area contributed by atoms with Gasteiger partial charge in [-0.2, -0.15) is 0 Å². The first-order chi connectivity index (χ1) is 11.2. The highest BCUT2D eigenvalue weighted by Gasteiger charge is 2.16. The number of esters is 1. The number of carbonyl (C=O) groups excluding carboxylic acids is 2. The molecule has 0 saturated carbocycles. The zero-order valence-corrected chi connectivity index (χ0v) is 13.1. The average Bonchev–Trinajstić information content (AvgIpc) is 3.10. The Bertz CT molecular complexity index is 510. The van der Waals surface area contributed by atoms with Gasteiger partial charge in [0.05, 0.1) is 13.2 Å². The molecule has 7 nitrogen and oxygen atoms in total. The fraction of sp³-hybridized carbons (Fsp3) is 0.500. The lowest BCUT2D eigenvalue weighted by molar-refractivity contribution is -0.150. The van der Waals surface area contributed by atoms with Gasteiger partial charge in [-0.3, -0.25) is 4.79 Å². The van der Waals surface area contributed by atoms with Crippen LogP contribution >= 0.6 is 0 Å². The average molecular weight is 323 g/mol. The Balaban J connectivity index is 1.59. The first kappa shape index (κ1) is 17.1. The van der Waals surface area contributed by atoms with Crippen molar-refractivity contribution in [1.82, 2.24) is 5.32 Å². The molecule has 1 N–H and O–H groups in total. The summed E-state index contributed by atoms with van der Waals surface area (Å²) in [6, 6.07) is 6.80. The van der Waals surface area contributed by atoms with E-state index < -0.39 is 5.97 Å². The zero-order chi connectivity index (χ0) is 16.5. The molecule has 1 saturated heterocycles. The lowest BCUT2D eigenvalue weighted by Gasteiger charge is -2.11. The fourth-order valence-corrected chi connectivity index (χ4v) is 2.09. The van der Waals surface area contributed by atoms with E-state index in [1.807, 2.05) is 0 Å². The molecule has 0 spiro atoms. The summed E-state index contributed by atoms with van der Waals surface area (Å²) in [5.41, 5.74) is 0. The molecule has 1 aliphatic rings. The Morgan fingerprint density at radius 1 is 1.22 bits per heavy atom. The van der Waals surface area contributed by atoms with Crippen LogP contribution in [0.4, 0.5) is 0 Å². The van der Waals surface area contributed by atoms with Crippen molar-refractivity contribution in [3.05, 3.63) is 24.3 Å². The van der Waals surface area contributed by atoms with Crippen molar-refractivity contribution < 1.29 is 28.5 Å². The molecule has 7 heteroatoms. The normalized spacial score (nSPS) is 16.7. The molecular weight excluding hydrogens is 302 g/mol. The molecule has 0 aromatic heterocycles. The molecule has 2 rings (SSSR count). The Morgan fingerprint density at radius 3 is 2.61 bits per heavy atom. The van der Waals surface area contributed by atoms with Gasteiger partial charge >= 0.3 is 5.97 Å². The SMILES string of the molecule is COc1ccc(OCC(=O)OCC(=O)NC[C@H]2CCCO2)cc1. The van der Waals surface area contributed by atoms with Crippen LogP contribution in [0.5, 0.6) is 11.5 Å². The highest BCUT2D eigenvalue weighted by Crippen LogP contribution is 2.16. The second kappa shape index (κ2) is 8.99. The number of benzene rings is 1. The van der Waals surface area contributed by atoms with Crippen LogP contribution in [-0.4, -0.2) is 51.5 Å². The van der Waals surface area contributed by atoms with Gasteiger partial charge in [-0.05, 0) is 37.1 Å². The Hall–Kier alpha value is -2.28. The predicted octanol–water partition coefficient (Wildman–Crippen LogP) is 0.912. The summed E-state index contributed by atoms with van der Waals surface area (Å²) in [6.07, 6.45) is 2.02. The standard InChI is InChI=1S/C16H21NO6/c1-20-12-4-6-13(7-5-12)22-11-16(19)23-10-15(18)17-9-14-3-2-8-21-14/h4-7,14H,2-3,8-11H2,1H3,(H,17,18)/t14-/m1/s1. The van der Waals surface area contributed by atoms with E-state index in [0.717, 1.165) is 19.4 Å². The maximum absolute atomic E-state index is 11.6. The summed E-state index contributed by atoms with van der Waals surface area (Å²) in [6.45, 7) is 0.597. The van der Waals surface area contributed by atoms with Crippen molar-refractivity contribution in [2.75, 3.05) is 33.5 Å². The van der Waals surface area contributed by atoms with Crippen molar-refractivity contribution in [3.63, 3.8) is 0 Å². The molecule has 1 aromatic carbocycles. The van der Waals surface area contributed by atoms with Crippen LogP contribution in [0.15, 0.2) is 24.3 Å². The van der Waals surface area contributed by atoms with Crippen LogP contribution in [-0.2, 0) is 19.1 Å². The van der Waals surface area contributed by atoms with Gasteiger partial charge in [-0.15, -0.1) is 0 Å². The molecule has 126 valence electrons. The Kier molecular flexibility index (Phi) is 6.68. The second-order valence-electron chi connectivity index (χ2n) is 5.06. The van der Waals surface area contributed by atoms with E-state index in [1.165, 1.54) is 0 Å². The first-order valence-electron chi connectivity index (χ1n) is 7.48. The minimum absolute atomic E-state index is 0.0630. The number of ether oxygens (including phenoxy) is 4.